The largest absolute Gasteiger partial charge is 0.497 e. The standard InChI is InChI=1S/C22H28F2N4O2/c1-25-22(26-9-7-19-20(23)5-4-6-21(19)24)27-15-8-10-28(14-15)16-11-17(29-2)13-18(12-16)30-3/h4-6,11-13,15H,7-10,14H2,1-3H3,(H2,25,26,27). The van der Waals surface area contributed by atoms with Crippen molar-refractivity contribution < 1.29 is 18.3 Å². The number of ether oxygens (including phenoxy) is 2. The minimum Gasteiger partial charge on any atom is -0.497 e. The van der Waals surface area contributed by atoms with Gasteiger partial charge in [-0.05, 0) is 25.0 Å². The molecule has 8 heteroatoms. The summed E-state index contributed by atoms with van der Waals surface area (Å²) in [6.07, 6.45) is 1.17. The van der Waals surface area contributed by atoms with E-state index in [-0.39, 0.29) is 18.0 Å². The molecule has 1 unspecified atom stereocenters. The van der Waals surface area contributed by atoms with Crippen LogP contribution < -0.4 is 25.0 Å². The van der Waals surface area contributed by atoms with Crippen LogP contribution in [0.4, 0.5) is 14.5 Å². The molecule has 1 heterocycles. The van der Waals surface area contributed by atoms with Gasteiger partial charge in [0.25, 0.3) is 0 Å². The second-order valence-corrected chi connectivity index (χ2v) is 7.10. The van der Waals surface area contributed by atoms with Gasteiger partial charge < -0.3 is 25.0 Å². The van der Waals surface area contributed by atoms with Crippen molar-refractivity contribution in [3.8, 4) is 11.5 Å². The van der Waals surface area contributed by atoms with Gasteiger partial charge in [-0.15, -0.1) is 0 Å². The number of nitrogens with zero attached hydrogens (tertiary/aromatic N) is 2. The predicted molar refractivity (Wildman–Crippen MR) is 115 cm³/mol. The topological polar surface area (TPSA) is 58.1 Å². The molecule has 0 saturated carbocycles. The molecule has 0 radical (unpaired) electrons. The lowest BCUT2D eigenvalue weighted by molar-refractivity contribution is 0.394. The van der Waals surface area contributed by atoms with Crippen molar-refractivity contribution in [2.45, 2.75) is 18.9 Å². The van der Waals surface area contributed by atoms with Crippen LogP contribution in [0.1, 0.15) is 12.0 Å². The van der Waals surface area contributed by atoms with Gasteiger partial charge in [0, 0.05) is 62.2 Å². The quantitative estimate of drug-likeness (QED) is 0.535. The molecule has 0 aromatic heterocycles. The summed E-state index contributed by atoms with van der Waals surface area (Å²) in [5.41, 5.74) is 1.12. The summed E-state index contributed by atoms with van der Waals surface area (Å²) >= 11 is 0. The molecule has 1 atom stereocenters. The monoisotopic (exact) mass is 418 g/mol. The SMILES string of the molecule is CN=C(NCCc1c(F)cccc1F)NC1CCN(c2cc(OC)cc(OC)c2)C1. The fourth-order valence-corrected chi connectivity index (χ4v) is 3.55. The van der Waals surface area contributed by atoms with Crippen LogP contribution in [0.2, 0.25) is 0 Å². The van der Waals surface area contributed by atoms with Crippen LogP contribution in [0.5, 0.6) is 11.5 Å². The Kier molecular flexibility index (Phi) is 7.32. The minimum atomic E-state index is -0.528. The van der Waals surface area contributed by atoms with Gasteiger partial charge in [-0.25, -0.2) is 8.78 Å². The van der Waals surface area contributed by atoms with Crippen LogP contribution >= 0.6 is 0 Å². The van der Waals surface area contributed by atoms with Gasteiger partial charge >= 0.3 is 0 Å². The molecule has 0 aliphatic carbocycles. The molecule has 3 rings (SSSR count). The average Bonchev–Trinajstić information content (AvgIpc) is 3.23. The van der Waals surface area contributed by atoms with Crippen molar-refractivity contribution in [1.82, 2.24) is 10.6 Å². The van der Waals surface area contributed by atoms with Crippen LogP contribution in [0.25, 0.3) is 0 Å². The zero-order chi connectivity index (χ0) is 21.5. The molecule has 30 heavy (non-hydrogen) atoms. The van der Waals surface area contributed by atoms with Gasteiger partial charge in [0.2, 0.25) is 0 Å². The van der Waals surface area contributed by atoms with E-state index in [1.54, 1.807) is 21.3 Å². The van der Waals surface area contributed by atoms with Gasteiger partial charge in [-0.3, -0.25) is 4.99 Å². The summed E-state index contributed by atoms with van der Waals surface area (Å²) in [6.45, 7) is 2.05. The lowest BCUT2D eigenvalue weighted by atomic mass is 10.1. The van der Waals surface area contributed by atoms with Crippen LogP contribution in [-0.2, 0) is 6.42 Å². The first-order valence-corrected chi connectivity index (χ1v) is 9.92. The van der Waals surface area contributed by atoms with Crippen molar-refractivity contribution in [2.75, 3.05) is 45.8 Å². The van der Waals surface area contributed by atoms with Crippen molar-refractivity contribution in [1.29, 1.82) is 0 Å². The number of anilines is 1. The maximum absolute atomic E-state index is 13.8. The first-order valence-electron chi connectivity index (χ1n) is 9.92. The molecule has 162 valence electrons. The number of halogens is 2. The first kappa shape index (κ1) is 21.7. The molecule has 1 fully saturated rings. The van der Waals surface area contributed by atoms with Crippen LogP contribution in [0.15, 0.2) is 41.4 Å². The number of benzene rings is 2. The molecule has 2 N–H and O–H groups in total. The number of aliphatic imine (C=N–C) groups is 1. The molecule has 0 amide bonds. The number of guanidine groups is 1. The van der Waals surface area contributed by atoms with E-state index in [1.807, 2.05) is 18.2 Å². The van der Waals surface area contributed by atoms with E-state index in [0.29, 0.717) is 12.5 Å². The summed E-state index contributed by atoms with van der Waals surface area (Å²) in [4.78, 5) is 6.48. The Balaban J connectivity index is 1.54. The van der Waals surface area contributed by atoms with Gasteiger partial charge in [-0.1, -0.05) is 6.07 Å². The number of methoxy groups -OCH3 is 2. The van der Waals surface area contributed by atoms with E-state index < -0.39 is 11.6 Å². The molecule has 1 aliphatic rings. The fourth-order valence-electron chi connectivity index (χ4n) is 3.55. The Morgan fingerprint density at radius 2 is 1.80 bits per heavy atom. The third-order valence-corrected chi connectivity index (χ3v) is 5.18. The van der Waals surface area contributed by atoms with Crippen molar-refractivity contribution in [3.63, 3.8) is 0 Å². The lowest BCUT2D eigenvalue weighted by Crippen LogP contribution is -2.45. The van der Waals surface area contributed by atoms with Crippen LogP contribution in [0, 0.1) is 11.6 Å². The highest BCUT2D eigenvalue weighted by molar-refractivity contribution is 5.80. The van der Waals surface area contributed by atoms with E-state index in [9.17, 15) is 8.78 Å². The molecule has 6 nitrogen and oxygen atoms in total. The van der Waals surface area contributed by atoms with E-state index in [4.69, 9.17) is 9.47 Å². The van der Waals surface area contributed by atoms with E-state index in [2.05, 4.69) is 20.5 Å². The zero-order valence-corrected chi connectivity index (χ0v) is 17.5. The average molecular weight is 418 g/mol. The van der Waals surface area contributed by atoms with Crippen molar-refractivity contribution in [3.05, 3.63) is 53.6 Å². The summed E-state index contributed by atoms with van der Waals surface area (Å²) in [6, 6.07) is 9.92. The maximum Gasteiger partial charge on any atom is 0.191 e. The Bertz CT molecular complexity index is 849. The maximum atomic E-state index is 13.8. The Morgan fingerprint density at radius 3 is 2.40 bits per heavy atom. The van der Waals surface area contributed by atoms with Crippen LogP contribution in [0.3, 0.4) is 0 Å². The number of hydrogen-bond acceptors (Lipinski definition) is 4. The third kappa shape index (κ3) is 5.31. The third-order valence-electron chi connectivity index (χ3n) is 5.18. The fraction of sp³-hybridized carbons (Fsp3) is 0.409. The van der Waals surface area contributed by atoms with E-state index >= 15 is 0 Å². The first-order chi connectivity index (χ1) is 14.5. The smallest absolute Gasteiger partial charge is 0.191 e. The van der Waals surface area contributed by atoms with E-state index in [1.165, 1.54) is 18.2 Å². The molecule has 1 aliphatic heterocycles. The second kappa shape index (κ2) is 10.1. The molecular formula is C22H28F2N4O2. The molecule has 0 bridgehead atoms. The van der Waals surface area contributed by atoms with E-state index in [0.717, 1.165) is 36.7 Å². The molecule has 0 spiro atoms. The Hall–Kier alpha value is -3.03. The normalized spacial score (nSPS) is 16.5. The summed E-state index contributed by atoms with van der Waals surface area (Å²) in [5.74, 6) is 1.05. The van der Waals surface area contributed by atoms with Crippen molar-refractivity contribution >= 4 is 11.6 Å². The second-order valence-electron chi connectivity index (χ2n) is 7.10. The highest BCUT2D eigenvalue weighted by atomic mass is 19.1. The summed E-state index contributed by atoms with van der Waals surface area (Å²) in [5, 5.41) is 6.52. The van der Waals surface area contributed by atoms with Crippen LogP contribution in [-0.4, -0.2) is 52.9 Å². The van der Waals surface area contributed by atoms with Gasteiger partial charge in [0.15, 0.2) is 5.96 Å². The number of hydrogen-bond donors (Lipinski definition) is 2. The van der Waals surface area contributed by atoms with Gasteiger partial charge in [0.05, 0.1) is 14.2 Å². The molecule has 2 aromatic carbocycles. The van der Waals surface area contributed by atoms with Gasteiger partial charge in [-0.2, -0.15) is 0 Å². The Morgan fingerprint density at radius 1 is 1.13 bits per heavy atom. The molecular weight excluding hydrogens is 390 g/mol. The highest BCUT2D eigenvalue weighted by Crippen LogP contribution is 2.30. The molecule has 2 aromatic rings. The molecule has 1 saturated heterocycles. The van der Waals surface area contributed by atoms with Gasteiger partial charge in [0.1, 0.15) is 23.1 Å². The highest BCUT2D eigenvalue weighted by Gasteiger charge is 2.24. The zero-order valence-electron chi connectivity index (χ0n) is 17.5. The number of rotatable bonds is 7. The predicted octanol–water partition coefficient (Wildman–Crippen LogP) is 2.97. The Labute approximate surface area is 175 Å². The lowest BCUT2D eigenvalue weighted by Gasteiger charge is -2.21. The minimum absolute atomic E-state index is 0.0828. The summed E-state index contributed by atoms with van der Waals surface area (Å²) < 4.78 is 38.2. The summed E-state index contributed by atoms with van der Waals surface area (Å²) in [7, 11) is 4.95. The number of nitrogens with one attached hydrogen (secondary N) is 2. The van der Waals surface area contributed by atoms with Crippen molar-refractivity contribution in [2.24, 2.45) is 4.99 Å².